The Morgan fingerprint density at radius 3 is 2.86 bits per heavy atom. The zero-order valence-electron chi connectivity index (χ0n) is 11.3. The highest BCUT2D eigenvalue weighted by Crippen LogP contribution is 2.34. The van der Waals surface area contributed by atoms with Crippen molar-refractivity contribution in [2.45, 2.75) is 12.6 Å². The zero-order chi connectivity index (χ0) is 14.8. The van der Waals surface area contributed by atoms with Crippen molar-refractivity contribution in [3.63, 3.8) is 0 Å². The number of nitrogens with two attached hydrogens (primary N) is 1. The van der Waals surface area contributed by atoms with Crippen LogP contribution in [0.1, 0.15) is 5.56 Å². The maximum atomic E-state index is 11.5. The van der Waals surface area contributed by atoms with Crippen molar-refractivity contribution < 1.29 is 9.53 Å². The second-order valence-corrected chi connectivity index (χ2v) is 5.90. The average molecular weight is 347 g/mol. The molecule has 1 heterocycles. The number of halogens is 1. The fraction of sp³-hybridized carbons (Fsp3) is 0.188. The minimum absolute atomic E-state index is 0.441. The number of primary amides is 1. The summed E-state index contributed by atoms with van der Waals surface area (Å²) in [6, 6.07) is 15.8. The summed E-state index contributed by atoms with van der Waals surface area (Å²) in [6.07, 6.45) is -0.618. The standard InChI is InChI=1S/C16H15BrN2O2/c17-12-5-3-4-11(8-12)9-19-10-15(16(18)20)21-14-7-2-1-6-13(14)19/h1-8,15H,9-10H2,(H2,18,20). The van der Waals surface area contributed by atoms with Gasteiger partial charge in [0.05, 0.1) is 12.2 Å². The van der Waals surface area contributed by atoms with Crippen LogP contribution in [0.2, 0.25) is 0 Å². The van der Waals surface area contributed by atoms with Crippen molar-refractivity contribution in [1.29, 1.82) is 0 Å². The molecular weight excluding hydrogens is 332 g/mol. The number of anilines is 1. The lowest BCUT2D eigenvalue weighted by Gasteiger charge is -2.35. The molecular formula is C16H15BrN2O2. The Bertz CT molecular complexity index is 675. The van der Waals surface area contributed by atoms with Crippen molar-refractivity contribution in [2.75, 3.05) is 11.4 Å². The second-order valence-electron chi connectivity index (χ2n) is 4.99. The minimum atomic E-state index is -0.618. The van der Waals surface area contributed by atoms with E-state index in [0.29, 0.717) is 18.8 Å². The number of fused-ring (bicyclic) bond motifs is 1. The van der Waals surface area contributed by atoms with Gasteiger partial charge in [-0.1, -0.05) is 40.2 Å². The molecule has 4 nitrogen and oxygen atoms in total. The lowest BCUT2D eigenvalue weighted by molar-refractivity contribution is -0.124. The van der Waals surface area contributed by atoms with Crippen molar-refractivity contribution in [3.8, 4) is 5.75 Å². The van der Waals surface area contributed by atoms with Gasteiger partial charge in [-0.05, 0) is 29.8 Å². The largest absolute Gasteiger partial charge is 0.477 e. The summed E-state index contributed by atoms with van der Waals surface area (Å²) in [7, 11) is 0. The van der Waals surface area contributed by atoms with Crippen LogP contribution in [0.3, 0.4) is 0 Å². The second kappa shape index (κ2) is 5.77. The molecule has 1 amide bonds. The van der Waals surface area contributed by atoms with Gasteiger partial charge in [0.1, 0.15) is 5.75 Å². The number of nitrogens with zero attached hydrogens (tertiary/aromatic N) is 1. The van der Waals surface area contributed by atoms with Gasteiger partial charge in [-0.3, -0.25) is 4.79 Å². The van der Waals surface area contributed by atoms with Crippen LogP contribution in [0.15, 0.2) is 53.0 Å². The number of hydrogen-bond acceptors (Lipinski definition) is 3. The van der Waals surface area contributed by atoms with Crippen molar-refractivity contribution >= 4 is 27.5 Å². The molecule has 0 radical (unpaired) electrons. The van der Waals surface area contributed by atoms with Gasteiger partial charge in [0.15, 0.2) is 6.10 Å². The maximum absolute atomic E-state index is 11.5. The molecule has 0 aromatic heterocycles. The normalized spacial score (nSPS) is 17.0. The van der Waals surface area contributed by atoms with Gasteiger partial charge < -0.3 is 15.4 Å². The third-order valence-corrected chi connectivity index (χ3v) is 3.93. The Labute approximate surface area is 131 Å². The third-order valence-electron chi connectivity index (χ3n) is 3.44. The van der Waals surface area contributed by atoms with Gasteiger partial charge in [0, 0.05) is 11.0 Å². The first-order valence-corrected chi connectivity index (χ1v) is 7.47. The first kappa shape index (κ1) is 13.9. The molecule has 5 heteroatoms. The first-order chi connectivity index (χ1) is 10.1. The SMILES string of the molecule is NC(=O)C1CN(Cc2cccc(Br)c2)c2ccccc2O1. The van der Waals surface area contributed by atoms with E-state index in [-0.39, 0.29) is 0 Å². The lowest BCUT2D eigenvalue weighted by Crippen LogP contribution is -2.46. The number of ether oxygens (including phenoxy) is 1. The van der Waals surface area contributed by atoms with Gasteiger partial charge in [-0.2, -0.15) is 0 Å². The Balaban J connectivity index is 1.91. The molecule has 108 valence electrons. The minimum Gasteiger partial charge on any atom is -0.477 e. The smallest absolute Gasteiger partial charge is 0.260 e. The summed E-state index contributed by atoms with van der Waals surface area (Å²) in [5.41, 5.74) is 7.54. The van der Waals surface area contributed by atoms with Crippen molar-refractivity contribution in [1.82, 2.24) is 0 Å². The Morgan fingerprint density at radius 2 is 2.10 bits per heavy atom. The number of carbonyl (C=O) groups is 1. The Hall–Kier alpha value is -2.01. The fourth-order valence-corrected chi connectivity index (χ4v) is 2.91. The molecule has 2 aromatic carbocycles. The predicted octanol–water partition coefficient (Wildman–Crippen LogP) is 2.70. The third kappa shape index (κ3) is 3.03. The van der Waals surface area contributed by atoms with Gasteiger partial charge in [-0.25, -0.2) is 0 Å². The quantitative estimate of drug-likeness (QED) is 0.929. The van der Waals surface area contributed by atoms with Gasteiger partial charge >= 0.3 is 0 Å². The van der Waals surface area contributed by atoms with Crippen LogP contribution >= 0.6 is 15.9 Å². The van der Waals surface area contributed by atoms with Crippen molar-refractivity contribution in [2.24, 2.45) is 5.73 Å². The van der Waals surface area contributed by atoms with Crippen LogP contribution in [-0.2, 0) is 11.3 Å². The molecule has 1 unspecified atom stereocenters. The molecule has 0 fully saturated rings. The van der Waals surface area contributed by atoms with E-state index in [1.165, 1.54) is 0 Å². The fourth-order valence-electron chi connectivity index (χ4n) is 2.46. The molecule has 0 aliphatic carbocycles. The monoisotopic (exact) mass is 346 g/mol. The van der Waals surface area contributed by atoms with Gasteiger partial charge in [-0.15, -0.1) is 0 Å². The predicted molar refractivity (Wildman–Crippen MR) is 85.2 cm³/mol. The molecule has 0 bridgehead atoms. The van der Waals surface area contributed by atoms with E-state index < -0.39 is 12.0 Å². The van der Waals surface area contributed by atoms with Gasteiger partial charge in [0.25, 0.3) is 5.91 Å². The molecule has 0 spiro atoms. The molecule has 1 aliphatic rings. The summed E-state index contributed by atoms with van der Waals surface area (Å²) < 4.78 is 6.69. The Morgan fingerprint density at radius 1 is 1.29 bits per heavy atom. The van der Waals surface area contributed by atoms with Crippen LogP contribution in [0.4, 0.5) is 5.69 Å². The maximum Gasteiger partial charge on any atom is 0.260 e. The van der Waals surface area contributed by atoms with E-state index >= 15 is 0 Å². The van der Waals surface area contributed by atoms with Crippen LogP contribution in [0.25, 0.3) is 0 Å². The number of para-hydroxylation sites is 2. The van der Waals surface area contributed by atoms with E-state index in [9.17, 15) is 4.79 Å². The topological polar surface area (TPSA) is 55.6 Å². The molecule has 2 aromatic rings. The molecule has 21 heavy (non-hydrogen) atoms. The highest BCUT2D eigenvalue weighted by molar-refractivity contribution is 9.10. The van der Waals surface area contributed by atoms with E-state index in [2.05, 4.69) is 33.0 Å². The summed E-state index contributed by atoms with van der Waals surface area (Å²) >= 11 is 3.48. The molecule has 0 saturated carbocycles. The number of amides is 1. The van der Waals surface area contributed by atoms with Gasteiger partial charge in [0.2, 0.25) is 0 Å². The molecule has 2 N–H and O–H groups in total. The summed E-state index contributed by atoms with van der Waals surface area (Å²) in [5.74, 6) is 0.256. The van der Waals surface area contributed by atoms with E-state index in [1.807, 2.05) is 36.4 Å². The number of hydrogen-bond donors (Lipinski definition) is 1. The summed E-state index contributed by atoms with van der Waals surface area (Å²) in [5, 5.41) is 0. The first-order valence-electron chi connectivity index (χ1n) is 6.68. The number of benzene rings is 2. The van der Waals surface area contributed by atoms with Crippen molar-refractivity contribution in [3.05, 3.63) is 58.6 Å². The molecule has 3 rings (SSSR count). The van der Waals surface area contributed by atoms with Crippen LogP contribution in [-0.4, -0.2) is 18.6 Å². The molecule has 1 aliphatic heterocycles. The average Bonchev–Trinajstić information content (AvgIpc) is 2.47. The lowest BCUT2D eigenvalue weighted by atomic mass is 10.1. The van der Waals surface area contributed by atoms with Crippen LogP contribution < -0.4 is 15.4 Å². The summed E-state index contributed by atoms with van der Waals surface area (Å²) in [4.78, 5) is 13.6. The number of carbonyl (C=O) groups excluding carboxylic acids is 1. The Kier molecular flexibility index (Phi) is 3.84. The molecule has 0 saturated heterocycles. The van der Waals surface area contributed by atoms with E-state index in [4.69, 9.17) is 10.5 Å². The summed E-state index contributed by atoms with van der Waals surface area (Å²) in [6.45, 7) is 1.16. The van der Waals surface area contributed by atoms with E-state index in [0.717, 1.165) is 15.7 Å². The zero-order valence-corrected chi connectivity index (χ0v) is 12.9. The number of rotatable bonds is 3. The van der Waals surface area contributed by atoms with E-state index in [1.54, 1.807) is 0 Å². The van der Waals surface area contributed by atoms with Crippen LogP contribution in [0.5, 0.6) is 5.75 Å². The highest BCUT2D eigenvalue weighted by Gasteiger charge is 2.29. The molecule has 1 atom stereocenters. The highest BCUT2D eigenvalue weighted by atomic mass is 79.9. The van der Waals surface area contributed by atoms with Crippen LogP contribution in [0, 0.1) is 0 Å².